The lowest BCUT2D eigenvalue weighted by molar-refractivity contribution is 0.0716. The molecule has 1 saturated heterocycles. The normalized spacial score (nSPS) is 19.2. The molecule has 2 heterocycles. The molecule has 0 radical (unpaired) electrons. The maximum atomic E-state index is 12.8. The summed E-state index contributed by atoms with van der Waals surface area (Å²) in [5.74, 6) is 0.0266. The Labute approximate surface area is 125 Å². The first-order valence-corrected chi connectivity index (χ1v) is 7.59. The van der Waals surface area contributed by atoms with Crippen molar-refractivity contribution >= 4 is 16.7 Å². The van der Waals surface area contributed by atoms with Crippen LogP contribution in [0.4, 0.5) is 0 Å². The molecule has 1 aliphatic rings. The predicted octanol–water partition coefficient (Wildman–Crippen LogP) is 2.45. The Morgan fingerprint density at radius 2 is 2.10 bits per heavy atom. The van der Waals surface area contributed by atoms with Crippen molar-refractivity contribution in [2.45, 2.75) is 25.3 Å². The topological polar surface area (TPSA) is 45.2 Å². The van der Waals surface area contributed by atoms with Crippen LogP contribution in [0.5, 0.6) is 0 Å². The number of pyridine rings is 1. The average Bonchev–Trinajstić information content (AvgIpc) is 2.82. The Kier molecular flexibility index (Phi) is 4.15. The van der Waals surface area contributed by atoms with Gasteiger partial charge < -0.3 is 10.2 Å². The van der Waals surface area contributed by atoms with Gasteiger partial charge >= 0.3 is 0 Å². The Morgan fingerprint density at radius 1 is 1.24 bits per heavy atom. The smallest absolute Gasteiger partial charge is 0.273 e. The van der Waals surface area contributed by atoms with Gasteiger partial charge in [-0.05, 0) is 43.8 Å². The van der Waals surface area contributed by atoms with Gasteiger partial charge in [0.1, 0.15) is 5.69 Å². The first-order valence-electron chi connectivity index (χ1n) is 7.59. The zero-order valence-corrected chi connectivity index (χ0v) is 12.4. The quantitative estimate of drug-likeness (QED) is 0.921. The number of carbonyl (C=O) groups excluding carboxylic acids is 1. The molecule has 110 valence electrons. The van der Waals surface area contributed by atoms with Crippen molar-refractivity contribution in [1.29, 1.82) is 0 Å². The number of nitrogens with zero attached hydrogens (tertiary/aromatic N) is 2. The van der Waals surface area contributed by atoms with Crippen molar-refractivity contribution in [1.82, 2.24) is 15.2 Å². The summed E-state index contributed by atoms with van der Waals surface area (Å²) in [7, 11) is 1.90. The molecule has 1 atom stereocenters. The molecule has 1 N–H and O–H groups in total. The van der Waals surface area contributed by atoms with Gasteiger partial charge in [-0.25, -0.2) is 0 Å². The van der Waals surface area contributed by atoms with E-state index in [1.807, 2.05) is 42.3 Å². The second-order valence-electron chi connectivity index (χ2n) is 5.63. The third-order valence-electron chi connectivity index (χ3n) is 4.29. The Hall–Kier alpha value is -1.94. The van der Waals surface area contributed by atoms with Crippen LogP contribution in [0.15, 0.2) is 36.5 Å². The Bertz CT molecular complexity index is 627. The second kappa shape index (κ2) is 6.22. The summed E-state index contributed by atoms with van der Waals surface area (Å²) in [6.45, 7) is 2.02. The van der Waals surface area contributed by atoms with E-state index in [0.717, 1.165) is 43.1 Å². The van der Waals surface area contributed by atoms with Crippen molar-refractivity contribution in [3.05, 3.63) is 42.2 Å². The summed E-state index contributed by atoms with van der Waals surface area (Å²) < 4.78 is 0. The van der Waals surface area contributed by atoms with Crippen LogP contribution >= 0.6 is 0 Å². The number of fused-ring (bicyclic) bond motifs is 1. The number of amides is 1. The van der Waals surface area contributed by atoms with E-state index in [0.29, 0.717) is 11.7 Å². The van der Waals surface area contributed by atoms with E-state index in [1.165, 1.54) is 0 Å². The minimum Gasteiger partial charge on any atom is -0.337 e. The van der Waals surface area contributed by atoms with Gasteiger partial charge in [0.15, 0.2) is 0 Å². The summed E-state index contributed by atoms with van der Waals surface area (Å²) in [5, 5.41) is 5.38. The van der Waals surface area contributed by atoms with Crippen molar-refractivity contribution in [2.24, 2.45) is 0 Å². The largest absolute Gasteiger partial charge is 0.337 e. The van der Waals surface area contributed by atoms with E-state index >= 15 is 0 Å². The molecule has 1 aromatic carbocycles. The third kappa shape index (κ3) is 2.90. The molecule has 0 bridgehead atoms. The van der Waals surface area contributed by atoms with Gasteiger partial charge in [-0.1, -0.05) is 24.3 Å². The SMILES string of the molecule is CN(C(=O)c1nccc2ccccc12)C1CCCNCC1. The highest BCUT2D eigenvalue weighted by Crippen LogP contribution is 2.20. The summed E-state index contributed by atoms with van der Waals surface area (Å²) in [5.41, 5.74) is 0.563. The fourth-order valence-electron chi connectivity index (χ4n) is 3.01. The predicted molar refractivity (Wildman–Crippen MR) is 84.3 cm³/mol. The standard InChI is InChI=1S/C17H21N3O/c1-20(14-6-4-10-18-11-9-14)17(21)16-15-7-3-2-5-13(15)8-12-19-16/h2-3,5,7-8,12,14,18H,4,6,9-11H2,1H3. The van der Waals surface area contributed by atoms with E-state index in [1.54, 1.807) is 6.20 Å². The number of nitrogens with one attached hydrogen (secondary N) is 1. The minimum absolute atomic E-state index is 0.0266. The molecule has 1 aromatic heterocycles. The van der Waals surface area contributed by atoms with Gasteiger partial charge in [-0.15, -0.1) is 0 Å². The van der Waals surface area contributed by atoms with Gasteiger partial charge in [0.25, 0.3) is 5.91 Å². The van der Waals surface area contributed by atoms with Crippen LogP contribution in [0.3, 0.4) is 0 Å². The van der Waals surface area contributed by atoms with Crippen molar-refractivity contribution < 1.29 is 4.79 Å². The zero-order chi connectivity index (χ0) is 14.7. The van der Waals surface area contributed by atoms with Gasteiger partial charge in [0.05, 0.1) is 0 Å². The van der Waals surface area contributed by atoms with Gasteiger partial charge in [-0.3, -0.25) is 9.78 Å². The Morgan fingerprint density at radius 3 is 3.00 bits per heavy atom. The van der Waals surface area contributed by atoms with E-state index in [2.05, 4.69) is 10.3 Å². The van der Waals surface area contributed by atoms with Gasteiger partial charge in [0, 0.05) is 24.7 Å². The van der Waals surface area contributed by atoms with Crippen molar-refractivity contribution in [3.8, 4) is 0 Å². The van der Waals surface area contributed by atoms with E-state index in [-0.39, 0.29) is 5.91 Å². The van der Waals surface area contributed by atoms with Crippen LogP contribution in [0.25, 0.3) is 10.8 Å². The maximum Gasteiger partial charge on any atom is 0.273 e. The first kappa shape index (κ1) is 14.0. The molecule has 0 saturated carbocycles. The molecule has 2 aromatic rings. The summed E-state index contributed by atoms with van der Waals surface area (Å²) in [4.78, 5) is 19.0. The summed E-state index contributed by atoms with van der Waals surface area (Å²) in [6.07, 6.45) is 4.90. The van der Waals surface area contributed by atoms with Gasteiger partial charge in [0.2, 0.25) is 0 Å². The highest BCUT2D eigenvalue weighted by Gasteiger charge is 2.24. The molecule has 4 heteroatoms. The van der Waals surface area contributed by atoms with Crippen LogP contribution in [0, 0.1) is 0 Å². The number of aromatic nitrogens is 1. The van der Waals surface area contributed by atoms with Gasteiger partial charge in [-0.2, -0.15) is 0 Å². The molecule has 1 unspecified atom stereocenters. The van der Waals surface area contributed by atoms with Crippen molar-refractivity contribution in [2.75, 3.05) is 20.1 Å². The van der Waals surface area contributed by atoms with Crippen LogP contribution in [-0.4, -0.2) is 42.0 Å². The van der Waals surface area contributed by atoms with E-state index in [4.69, 9.17) is 0 Å². The monoisotopic (exact) mass is 283 g/mol. The van der Waals surface area contributed by atoms with Crippen LogP contribution < -0.4 is 5.32 Å². The number of hydrogen-bond acceptors (Lipinski definition) is 3. The molecule has 0 aliphatic carbocycles. The maximum absolute atomic E-state index is 12.8. The molecule has 1 aliphatic heterocycles. The minimum atomic E-state index is 0.0266. The Balaban J connectivity index is 1.89. The summed E-state index contributed by atoms with van der Waals surface area (Å²) >= 11 is 0. The molecule has 4 nitrogen and oxygen atoms in total. The molecule has 21 heavy (non-hydrogen) atoms. The van der Waals surface area contributed by atoms with Crippen LogP contribution in [0.2, 0.25) is 0 Å². The fraction of sp³-hybridized carbons (Fsp3) is 0.412. The highest BCUT2D eigenvalue weighted by molar-refractivity contribution is 6.05. The lowest BCUT2D eigenvalue weighted by atomic mass is 10.1. The molecule has 0 spiro atoms. The highest BCUT2D eigenvalue weighted by atomic mass is 16.2. The van der Waals surface area contributed by atoms with Crippen molar-refractivity contribution in [3.63, 3.8) is 0 Å². The third-order valence-corrected chi connectivity index (χ3v) is 4.29. The fourth-order valence-corrected chi connectivity index (χ4v) is 3.01. The number of hydrogen-bond donors (Lipinski definition) is 1. The molecular weight excluding hydrogens is 262 g/mol. The molecule has 3 rings (SSSR count). The number of carbonyl (C=O) groups is 1. The number of rotatable bonds is 2. The zero-order valence-electron chi connectivity index (χ0n) is 12.4. The molecular formula is C17H21N3O. The lowest BCUT2D eigenvalue weighted by Gasteiger charge is -2.27. The van der Waals surface area contributed by atoms with E-state index in [9.17, 15) is 4.79 Å². The second-order valence-corrected chi connectivity index (χ2v) is 5.63. The average molecular weight is 283 g/mol. The number of benzene rings is 1. The molecule has 1 fully saturated rings. The summed E-state index contributed by atoms with van der Waals surface area (Å²) in [6, 6.07) is 10.2. The first-order chi connectivity index (χ1) is 10.3. The molecule has 1 amide bonds. The lowest BCUT2D eigenvalue weighted by Crippen LogP contribution is -2.38. The van der Waals surface area contributed by atoms with E-state index < -0.39 is 0 Å². The van der Waals surface area contributed by atoms with Crippen LogP contribution in [-0.2, 0) is 0 Å². The van der Waals surface area contributed by atoms with Crippen LogP contribution in [0.1, 0.15) is 29.8 Å².